The van der Waals surface area contributed by atoms with E-state index in [-0.39, 0.29) is 0 Å². The molecule has 0 spiro atoms. The molecule has 2 heterocycles. The van der Waals surface area contributed by atoms with Crippen LogP contribution in [0.4, 0.5) is 0 Å². The standard InChI is InChI=1S/C46H29NS/c1-3-13-33(14-4-1)46(34-15-5-2-6-16-34)40-21-11-9-17-35(40)36-28-27-32(29-41(36)46)30-23-25-31(26-24-30)43-37-18-7-8-19-38(37)45-44(47-43)39-20-10-12-22-42(39)48-45/h1-29H. The summed E-state index contributed by atoms with van der Waals surface area (Å²) in [4.78, 5) is 5.33. The number of rotatable bonds is 4. The van der Waals surface area contributed by atoms with E-state index in [2.05, 4.69) is 176 Å². The van der Waals surface area contributed by atoms with E-state index in [1.54, 1.807) is 0 Å². The van der Waals surface area contributed by atoms with Gasteiger partial charge >= 0.3 is 0 Å². The second-order valence-electron chi connectivity index (χ2n) is 12.6. The normalized spacial score (nSPS) is 13.2. The lowest BCUT2D eigenvalue weighted by molar-refractivity contribution is 0.769. The topological polar surface area (TPSA) is 12.9 Å². The van der Waals surface area contributed by atoms with Gasteiger partial charge in [0, 0.05) is 26.4 Å². The van der Waals surface area contributed by atoms with Gasteiger partial charge in [-0.25, -0.2) is 4.98 Å². The predicted molar refractivity (Wildman–Crippen MR) is 203 cm³/mol. The molecule has 0 saturated carbocycles. The molecule has 1 aliphatic carbocycles. The van der Waals surface area contributed by atoms with E-state index < -0.39 is 5.41 Å². The monoisotopic (exact) mass is 627 g/mol. The number of hydrogen-bond donors (Lipinski definition) is 0. The second-order valence-corrected chi connectivity index (χ2v) is 13.7. The molecule has 2 aromatic heterocycles. The van der Waals surface area contributed by atoms with Crippen LogP contribution < -0.4 is 0 Å². The lowest BCUT2D eigenvalue weighted by Crippen LogP contribution is -2.28. The van der Waals surface area contributed by atoms with Gasteiger partial charge < -0.3 is 0 Å². The summed E-state index contributed by atoms with van der Waals surface area (Å²) in [5, 5.41) is 3.68. The molecule has 7 aromatic carbocycles. The molecular formula is C46H29NS. The summed E-state index contributed by atoms with van der Waals surface area (Å²) in [7, 11) is 0. The number of benzene rings is 7. The van der Waals surface area contributed by atoms with E-state index in [0.717, 1.165) is 16.8 Å². The van der Waals surface area contributed by atoms with Crippen LogP contribution in [0, 0.1) is 0 Å². The Hall–Kier alpha value is -5.83. The van der Waals surface area contributed by atoms with Crippen LogP contribution in [0.3, 0.4) is 0 Å². The van der Waals surface area contributed by atoms with Crippen molar-refractivity contribution in [3.63, 3.8) is 0 Å². The minimum Gasteiger partial charge on any atom is -0.246 e. The van der Waals surface area contributed by atoms with Crippen LogP contribution in [0.25, 0.3) is 64.6 Å². The third-order valence-electron chi connectivity index (χ3n) is 10.2. The number of fused-ring (bicyclic) bond motifs is 8. The average molecular weight is 628 g/mol. The molecule has 10 rings (SSSR count). The lowest BCUT2D eigenvalue weighted by atomic mass is 9.67. The quantitative estimate of drug-likeness (QED) is 0.189. The Morgan fingerprint density at radius 1 is 0.417 bits per heavy atom. The molecule has 2 heteroatoms. The van der Waals surface area contributed by atoms with Gasteiger partial charge in [0.1, 0.15) is 0 Å². The predicted octanol–water partition coefficient (Wildman–Crippen LogP) is 12.3. The van der Waals surface area contributed by atoms with E-state index in [0.29, 0.717) is 0 Å². The first-order valence-corrected chi connectivity index (χ1v) is 17.3. The Balaban J connectivity index is 1.15. The molecular weight excluding hydrogens is 599 g/mol. The molecule has 0 N–H and O–H groups in total. The van der Waals surface area contributed by atoms with Gasteiger partial charge in [-0.05, 0) is 56.6 Å². The molecule has 0 aliphatic heterocycles. The maximum absolute atomic E-state index is 5.33. The highest BCUT2D eigenvalue weighted by Crippen LogP contribution is 2.56. The van der Waals surface area contributed by atoms with E-state index in [4.69, 9.17) is 4.98 Å². The highest BCUT2D eigenvalue weighted by Gasteiger charge is 2.46. The first kappa shape index (κ1) is 27.3. The highest BCUT2D eigenvalue weighted by atomic mass is 32.1. The van der Waals surface area contributed by atoms with Gasteiger partial charge in [0.2, 0.25) is 0 Å². The Kier molecular flexibility index (Phi) is 6.03. The van der Waals surface area contributed by atoms with Crippen molar-refractivity contribution in [3.05, 3.63) is 198 Å². The maximum atomic E-state index is 5.33. The van der Waals surface area contributed by atoms with Crippen molar-refractivity contribution in [1.82, 2.24) is 4.98 Å². The number of thiophene rings is 1. The number of aromatic nitrogens is 1. The van der Waals surface area contributed by atoms with Crippen molar-refractivity contribution in [1.29, 1.82) is 0 Å². The highest BCUT2D eigenvalue weighted by molar-refractivity contribution is 7.26. The Labute approximate surface area is 283 Å². The second kappa shape index (κ2) is 10.6. The zero-order chi connectivity index (χ0) is 31.7. The van der Waals surface area contributed by atoms with E-state index >= 15 is 0 Å². The first-order valence-electron chi connectivity index (χ1n) is 16.5. The molecule has 0 atom stereocenters. The van der Waals surface area contributed by atoms with E-state index in [1.165, 1.54) is 70.1 Å². The van der Waals surface area contributed by atoms with Crippen LogP contribution in [0.1, 0.15) is 22.3 Å². The SMILES string of the molecule is c1ccc(C2(c3ccccc3)c3ccccc3-c3ccc(-c4ccc(-c5nc6c7ccccc7sc6c6ccccc56)cc4)cc32)cc1. The van der Waals surface area contributed by atoms with Crippen molar-refractivity contribution in [2.75, 3.05) is 0 Å². The van der Waals surface area contributed by atoms with Gasteiger partial charge in [-0.15, -0.1) is 11.3 Å². The summed E-state index contributed by atoms with van der Waals surface area (Å²) in [6, 6.07) is 64.3. The third kappa shape index (κ3) is 3.87. The zero-order valence-corrected chi connectivity index (χ0v) is 26.9. The number of nitrogens with zero attached hydrogens (tertiary/aromatic N) is 1. The Bertz CT molecular complexity index is 2610. The molecule has 0 radical (unpaired) electrons. The smallest absolute Gasteiger partial charge is 0.0902 e. The van der Waals surface area contributed by atoms with Gasteiger partial charge in [-0.3, -0.25) is 0 Å². The van der Waals surface area contributed by atoms with Crippen LogP contribution >= 0.6 is 11.3 Å². The Morgan fingerprint density at radius 3 is 1.73 bits per heavy atom. The maximum Gasteiger partial charge on any atom is 0.0902 e. The summed E-state index contributed by atoms with van der Waals surface area (Å²) in [5.41, 5.74) is 13.1. The number of hydrogen-bond acceptors (Lipinski definition) is 2. The lowest BCUT2D eigenvalue weighted by Gasteiger charge is -2.34. The van der Waals surface area contributed by atoms with Crippen molar-refractivity contribution in [2.45, 2.75) is 5.41 Å². The van der Waals surface area contributed by atoms with Crippen LogP contribution in [0.2, 0.25) is 0 Å². The van der Waals surface area contributed by atoms with Gasteiger partial charge in [0.15, 0.2) is 0 Å². The van der Waals surface area contributed by atoms with E-state index in [9.17, 15) is 0 Å². The molecule has 0 bridgehead atoms. The van der Waals surface area contributed by atoms with Crippen molar-refractivity contribution in [2.24, 2.45) is 0 Å². The number of pyridine rings is 1. The van der Waals surface area contributed by atoms with Gasteiger partial charge in [0.05, 0.1) is 21.3 Å². The minimum atomic E-state index is -0.411. The molecule has 48 heavy (non-hydrogen) atoms. The zero-order valence-electron chi connectivity index (χ0n) is 26.1. The fourth-order valence-electron chi connectivity index (χ4n) is 8.05. The molecule has 0 amide bonds. The average Bonchev–Trinajstić information content (AvgIpc) is 3.69. The molecule has 0 fully saturated rings. The van der Waals surface area contributed by atoms with Crippen LogP contribution in [0.5, 0.6) is 0 Å². The van der Waals surface area contributed by atoms with Crippen LogP contribution in [0.15, 0.2) is 176 Å². The summed E-state index contributed by atoms with van der Waals surface area (Å²) >= 11 is 1.83. The van der Waals surface area contributed by atoms with Gasteiger partial charge in [-0.1, -0.05) is 164 Å². The van der Waals surface area contributed by atoms with E-state index in [1.807, 2.05) is 11.3 Å². The summed E-state index contributed by atoms with van der Waals surface area (Å²) in [6.07, 6.45) is 0. The van der Waals surface area contributed by atoms with Crippen molar-refractivity contribution < 1.29 is 0 Å². The summed E-state index contributed by atoms with van der Waals surface area (Å²) in [5.74, 6) is 0. The first-order chi connectivity index (χ1) is 23.8. The van der Waals surface area contributed by atoms with Crippen LogP contribution in [-0.2, 0) is 5.41 Å². The summed E-state index contributed by atoms with van der Waals surface area (Å²) in [6.45, 7) is 0. The summed E-state index contributed by atoms with van der Waals surface area (Å²) < 4.78 is 2.53. The molecule has 1 nitrogen and oxygen atoms in total. The fraction of sp³-hybridized carbons (Fsp3) is 0.0217. The van der Waals surface area contributed by atoms with Gasteiger partial charge in [0.25, 0.3) is 0 Å². The molecule has 0 unspecified atom stereocenters. The molecule has 224 valence electrons. The third-order valence-corrected chi connectivity index (χ3v) is 11.4. The largest absolute Gasteiger partial charge is 0.246 e. The molecule has 1 aliphatic rings. The Morgan fingerprint density at radius 2 is 0.979 bits per heavy atom. The van der Waals surface area contributed by atoms with Gasteiger partial charge in [-0.2, -0.15) is 0 Å². The minimum absolute atomic E-state index is 0.411. The van der Waals surface area contributed by atoms with Crippen molar-refractivity contribution >= 4 is 42.4 Å². The van der Waals surface area contributed by atoms with Crippen LogP contribution in [-0.4, -0.2) is 4.98 Å². The molecule has 9 aromatic rings. The van der Waals surface area contributed by atoms with Crippen molar-refractivity contribution in [3.8, 4) is 33.5 Å². The fourth-order valence-corrected chi connectivity index (χ4v) is 9.23. The molecule has 0 saturated heterocycles.